The Bertz CT molecular complexity index is 1030. The summed E-state index contributed by atoms with van der Waals surface area (Å²) in [7, 11) is -6.09. The lowest BCUT2D eigenvalue weighted by molar-refractivity contribution is -0.335. The van der Waals surface area contributed by atoms with E-state index in [1.807, 2.05) is 36.4 Å². The quantitative estimate of drug-likeness (QED) is 0.433. The van der Waals surface area contributed by atoms with Gasteiger partial charge in [0, 0.05) is 41.5 Å². The highest BCUT2D eigenvalue weighted by atomic mass is 79.9. The predicted octanol–water partition coefficient (Wildman–Crippen LogP) is 4.91. The van der Waals surface area contributed by atoms with Crippen LogP contribution in [0.2, 0.25) is 0 Å². The van der Waals surface area contributed by atoms with Crippen LogP contribution in [-0.4, -0.2) is 4.98 Å². The van der Waals surface area contributed by atoms with Crippen LogP contribution in [0.4, 0.5) is 8.78 Å². The highest BCUT2D eigenvalue weighted by molar-refractivity contribution is 9.10. The molecule has 2 aromatic carbocycles. The zero-order valence-electron chi connectivity index (χ0n) is 14.9. The molecule has 0 N–H and O–H groups in total. The summed E-state index contributed by atoms with van der Waals surface area (Å²) in [5.41, 5.74) is -1.34. The van der Waals surface area contributed by atoms with Gasteiger partial charge in [0.1, 0.15) is 0 Å². The molecule has 29 heavy (non-hydrogen) atoms. The molecule has 4 nitrogen and oxygen atoms in total. The van der Waals surface area contributed by atoms with E-state index in [0.717, 1.165) is 34.1 Å². The fraction of sp³-hybridized carbons (Fsp3) is 0.150. The van der Waals surface area contributed by atoms with Crippen molar-refractivity contribution in [2.75, 3.05) is 0 Å². The third-order valence-electron chi connectivity index (χ3n) is 4.19. The minimum atomic E-state index is -6.09. The topological polar surface area (TPSA) is 76.1 Å². The molecule has 1 aromatic heterocycles. The van der Waals surface area contributed by atoms with Gasteiger partial charge in [-0.2, -0.15) is 20.5 Å². The van der Waals surface area contributed by atoms with E-state index in [0.29, 0.717) is 5.75 Å². The number of benzene rings is 2. The zero-order valence-corrected chi connectivity index (χ0v) is 18.2. The van der Waals surface area contributed by atoms with Gasteiger partial charge in [-0.05, 0) is 34.4 Å². The molecule has 9 heteroatoms. The van der Waals surface area contributed by atoms with Crippen LogP contribution < -0.4 is 9.79 Å². The van der Waals surface area contributed by atoms with Crippen molar-refractivity contribution in [3.63, 3.8) is 0 Å². The summed E-state index contributed by atoms with van der Waals surface area (Å²) in [6.45, 7) is 0. The Balaban J connectivity index is 1.61. The number of hydrogen-bond donors (Lipinski definition) is 0. The lowest BCUT2D eigenvalue weighted by Crippen LogP contribution is -2.30. The van der Waals surface area contributed by atoms with E-state index < -0.39 is 18.8 Å². The van der Waals surface area contributed by atoms with Crippen LogP contribution in [0.5, 0.6) is 0 Å². The molecular weight excluding hydrogens is 483 g/mol. The second-order valence-electron chi connectivity index (χ2n) is 6.28. The Kier molecular flexibility index (Phi) is 6.91. The van der Waals surface area contributed by atoms with Crippen LogP contribution in [0, 0.1) is 0 Å². The Labute approximate surface area is 179 Å². The normalized spacial score (nSPS) is 12.2. The van der Waals surface area contributed by atoms with Gasteiger partial charge in [-0.1, -0.05) is 58.4 Å². The van der Waals surface area contributed by atoms with E-state index in [4.69, 9.17) is 0 Å². The maximum atomic E-state index is 13.8. The molecule has 152 valence electrons. The molecule has 1 heterocycles. The van der Waals surface area contributed by atoms with Crippen molar-refractivity contribution in [3.8, 4) is 11.1 Å². The van der Waals surface area contributed by atoms with Gasteiger partial charge in [-0.3, -0.25) is 4.98 Å². The summed E-state index contributed by atoms with van der Waals surface area (Å²) in [4.78, 5) is 25.8. The minimum Gasteiger partial charge on any atom is -0.806 e. The number of aromatic nitrogens is 1. The number of nitrogens with zero attached hydrogens (tertiary/aromatic N) is 1. The van der Waals surface area contributed by atoms with Crippen LogP contribution >= 0.6 is 35.3 Å². The molecule has 0 bridgehead atoms. The fourth-order valence-electron chi connectivity index (χ4n) is 2.65. The van der Waals surface area contributed by atoms with Gasteiger partial charge < -0.3 is 14.4 Å². The lowest BCUT2D eigenvalue weighted by Gasteiger charge is -2.38. The summed E-state index contributed by atoms with van der Waals surface area (Å²) in [5, 5.41) is 0. The molecule has 0 unspecified atom stereocenters. The standard InChI is InChI=1S/C20H17BrF2NO3PS/c21-19-10-15(5-8-18(19)20(22,23)28(25,26)27)13-29-12-14-3-6-16(7-4-14)17-2-1-9-24-11-17/h1-11H,12-13H2,(H2,25,26,27)/p-2. The molecular formula is C20H15BrF2NO3PS-2. The molecule has 0 aliphatic rings. The van der Waals surface area contributed by atoms with E-state index in [1.165, 1.54) is 12.1 Å². The first-order valence-corrected chi connectivity index (χ1v) is 11.9. The second-order valence-corrected chi connectivity index (χ2v) is 9.68. The Morgan fingerprint density at radius 3 is 2.24 bits per heavy atom. The Morgan fingerprint density at radius 1 is 1.00 bits per heavy atom. The van der Waals surface area contributed by atoms with Crippen LogP contribution in [0.25, 0.3) is 11.1 Å². The number of hydrogen-bond acceptors (Lipinski definition) is 5. The van der Waals surface area contributed by atoms with Gasteiger partial charge in [0.05, 0.1) is 0 Å². The summed E-state index contributed by atoms with van der Waals surface area (Å²) in [6.07, 6.45) is 3.52. The van der Waals surface area contributed by atoms with Crippen molar-refractivity contribution in [1.82, 2.24) is 4.98 Å². The van der Waals surface area contributed by atoms with Gasteiger partial charge in [-0.25, -0.2) is 0 Å². The van der Waals surface area contributed by atoms with E-state index in [9.17, 15) is 23.1 Å². The van der Waals surface area contributed by atoms with Gasteiger partial charge >= 0.3 is 0 Å². The maximum absolute atomic E-state index is 13.8. The van der Waals surface area contributed by atoms with Gasteiger partial charge in [0.15, 0.2) is 0 Å². The van der Waals surface area contributed by atoms with Gasteiger partial charge in [-0.15, -0.1) is 0 Å². The summed E-state index contributed by atoms with van der Waals surface area (Å²) < 4.78 is 38.2. The van der Waals surface area contributed by atoms with Crippen molar-refractivity contribution in [3.05, 3.63) is 88.2 Å². The van der Waals surface area contributed by atoms with Crippen LogP contribution in [0.3, 0.4) is 0 Å². The fourth-order valence-corrected chi connectivity index (χ4v) is 4.92. The number of halogens is 3. The van der Waals surface area contributed by atoms with E-state index >= 15 is 0 Å². The smallest absolute Gasteiger partial charge is 0.297 e. The highest BCUT2D eigenvalue weighted by Gasteiger charge is 2.37. The maximum Gasteiger partial charge on any atom is 0.297 e. The van der Waals surface area contributed by atoms with E-state index in [-0.39, 0.29) is 4.47 Å². The number of alkyl halides is 2. The molecule has 3 rings (SSSR count). The molecule has 0 aliphatic carbocycles. The first-order chi connectivity index (χ1) is 13.7. The van der Waals surface area contributed by atoms with Crippen molar-refractivity contribution < 1.29 is 23.1 Å². The average molecular weight is 498 g/mol. The molecule has 0 radical (unpaired) electrons. The number of thioether (sulfide) groups is 1. The first-order valence-electron chi connectivity index (χ1n) is 8.44. The molecule has 3 aromatic rings. The van der Waals surface area contributed by atoms with Crippen molar-refractivity contribution in [2.24, 2.45) is 0 Å². The van der Waals surface area contributed by atoms with Gasteiger partial charge in [0.2, 0.25) is 0 Å². The highest BCUT2D eigenvalue weighted by Crippen LogP contribution is 2.54. The van der Waals surface area contributed by atoms with E-state index in [1.54, 1.807) is 24.2 Å². The molecule has 0 amide bonds. The van der Waals surface area contributed by atoms with E-state index in [2.05, 4.69) is 20.9 Å². The summed E-state index contributed by atoms with van der Waals surface area (Å²) >= 11 is 4.54. The van der Waals surface area contributed by atoms with Crippen LogP contribution in [0.15, 0.2) is 71.5 Å². The predicted molar refractivity (Wildman–Crippen MR) is 110 cm³/mol. The minimum absolute atomic E-state index is 0.103. The Morgan fingerprint density at radius 2 is 1.66 bits per heavy atom. The molecule has 0 atom stereocenters. The Hall–Kier alpha value is -1.57. The average Bonchev–Trinajstić information content (AvgIpc) is 2.68. The zero-order chi connectivity index (χ0) is 21.1. The van der Waals surface area contributed by atoms with Crippen molar-refractivity contribution in [1.29, 1.82) is 0 Å². The third kappa shape index (κ3) is 5.32. The molecule has 0 saturated heterocycles. The third-order valence-corrected chi connectivity index (χ3v) is 6.85. The molecule has 0 saturated carbocycles. The van der Waals surface area contributed by atoms with Crippen LogP contribution in [0.1, 0.15) is 16.7 Å². The van der Waals surface area contributed by atoms with Gasteiger partial charge in [0.25, 0.3) is 5.66 Å². The molecule has 0 spiro atoms. The number of rotatable bonds is 7. The van der Waals surface area contributed by atoms with Crippen molar-refractivity contribution >= 4 is 35.3 Å². The van der Waals surface area contributed by atoms with Crippen molar-refractivity contribution in [2.45, 2.75) is 17.2 Å². The summed E-state index contributed by atoms with van der Waals surface area (Å²) in [6, 6.07) is 15.7. The van der Waals surface area contributed by atoms with Crippen LogP contribution in [-0.2, 0) is 21.7 Å². The largest absolute Gasteiger partial charge is 0.806 e. The number of pyridine rings is 1. The first kappa shape index (κ1) is 22.1. The molecule has 0 aliphatic heterocycles. The molecule has 0 fully saturated rings. The lowest BCUT2D eigenvalue weighted by atomic mass is 10.1. The SMILES string of the molecule is O=P([O-])([O-])C(F)(F)c1ccc(CSCc2ccc(-c3cccnc3)cc2)cc1Br. The monoisotopic (exact) mass is 497 g/mol. The second kappa shape index (κ2) is 9.06. The summed E-state index contributed by atoms with van der Waals surface area (Å²) in [5.74, 6) is 1.26.